The molecule has 2 rings (SSSR count). The van der Waals surface area contributed by atoms with E-state index in [1.807, 2.05) is 4.90 Å². The number of rotatable bonds is 4. The summed E-state index contributed by atoms with van der Waals surface area (Å²) < 4.78 is 0. The molecule has 0 spiro atoms. The number of nitrogens with zero attached hydrogens (tertiary/aromatic N) is 1. The second-order valence-electron chi connectivity index (χ2n) is 6.21. The standard InChI is InChI=1S/C15H26N2O3/c1-2-5-15(6-8-16-9-7-15)14(20)17-10-3-4-12(11-17)13(18)19/h12,16H,2-11H2,1H3,(H,18,19)/t12-/m1/s1. The molecule has 0 aliphatic carbocycles. The van der Waals surface area contributed by atoms with Gasteiger partial charge in [-0.3, -0.25) is 9.59 Å². The number of carbonyl (C=O) groups excluding carboxylic acids is 1. The van der Waals surface area contributed by atoms with Gasteiger partial charge < -0.3 is 15.3 Å². The van der Waals surface area contributed by atoms with Crippen LogP contribution in [0.25, 0.3) is 0 Å². The van der Waals surface area contributed by atoms with E-state index < -0.39 is 5.97 Å². The Morgan fingerprint density at radius 2 is 2.05 bits per heavy atom. The van der Waals surface area contributed by atoms with Gasteiger partial charge in [-0.2, -0.15) is 0 Å². The normalized spacial score (nSPS) is 26.2. The molecule has 5 nitrogen and oxygen atoms in total. The number of nitrogens with one attached hydrogen (secondary N) is 1. The molecule has 0 unspecified atom stereocenters. The van der Waals surface area contributed by atoms with Crippen molar-refractivity contribution in [1.82, 2.24) is 10.2 Å². The summed E-state index contributed by atoms with van der Waals surface area (Å²) >= 11 is 0. The molecule has 114 valence electrons. The van der Waals surface area contributed by atoms with Gasteiger partial charge in [-0.15, -0.1) is 0 Å². The summed E-state index contributed by atoms with van der Waals surface area (Å²) in [6.07, 6.45) is 5.19. The lowest BCUT2D eigenvalue weighted by Crippen LogP contribution is -2.52. The van der Waals surface area contributed by atoms with Crippen LogP contribution in [0.4, 0.5) is 0 Å². The van der Waals surface area contributed by atoms with Gasteiger partial charge in [0.15, 0.2) is 0 Å². The van der Waals surface area contributed by atoms with E-state index in [2.05, 4.69) is 12.2 Å². The number of hydrogen-bond acceptors (Lipinski definition) is 3. The third-order valence-corrected chi connectivity index (χ3v) is 4.80. The smallest absolute Gasteiger partial charge is 0.308 e. The Morgan fingerprint density at radius 1 is 1.35 bits per heavy atom. The quantitative estimate of drug-likeness (QED) is 0.819. The Hall–Kier alpha value is -1.10. The van der Waals surface area contributed by atoms with Crippen LogP contribution in [0.2, 0.25) is 0 Å². The molecule has 20 heavy (non-hydrogen) atoms. The highest BCUT2D eigenvalue weighted by atomic mass is 16.4. The highest BCUT2D eigenvalue weighted by molar-refractivity contribution is 5.83. The maximum Gasteiger partial charge on any atom is 0.308 e. The van der Waals surface area contributed by atoms with Gasteiger partial charge in [-0.05, 0) is 45.2 Å². The molecule has 5 heteroatoms. The van der Waals surface area contributed by atoms with Crippen molar-refractivity contribution in [2.75, 3.05) is 26.2 Å². The van der Waals surface area contributed by atoms with Gasteiger partial charge >= 0.3 is 5.97 Å². The zero-order valence-corrected chi connectivity index (χ0v) is 12.4. The summed E-state index contributed by atoms with van der Waals surface area (Å²) in [5, 5.41) is 12.5. The van der Waals surface area contributed by atoms with Crippen LogP contribution in [0.5, 0.6) is 0 Å². The maximum atomic E-state index is 12.9. The maximum absolute atomic E-state index is 12.9. The number of aliphatic carboxylic acids is 1. The third kappa shape index (κ3) is 3.14. The summed E-state index contributed by atoms with van der Waals surface area (Å²) in [5.74, 6) is -0.947. The SMILES string of the molecule is CCCC1(C(=O)N2CCC[C@@H](C(=O)O)C2)CCNCC1. The lowest BCUT2D eigenvalue weighted by Gasteiger charge is -2.42. The van der Waals surface area contributed by atoms with Crippen LogP contribution in [0.3, 0.4) is 0 Å². The number of carboxylic acids is 1. The summed E-state index contributed by atoms with van der Waals surface area (Å²) in [6, 6.07) is 0. The number of likely N-dealkylation sites (tertiary alicyclic amines) is 1. The van der Waals surface area contributed by atoms with Crippen molar-refractivity contribution in [3.63, 3.8) is 0 Å². The Bertz CT molecular complexity index is 359. The monoisotopic (exact) mass is 282 g/mol. The average Bonchev–Trinajstić information content (AvgIpc) is 2.48. The fourth-order valence-electron chi connectivity index (χ4n) is 3.65. The number of hydrogen-bond donors (Lipinski definition) is 2. The van der Waals surface area contributed by atoms with E-state index in [1.54, 1.807) is 0 Å². The molecule has 2 heterocycles. The molecule has 0 bridgehead atoms. The molecular weight excluding hydrogens is 256 g/mol. The minimum Gasteiger partial charge on any atom is -0.481 e. The van der Waals surface area contributed by atoms with E-state index >= 15 is 0 Å². The number of piperidine rings is 2. The topological polar surface area (TPSA) is 69.6 Å². The molecule has 1 amide bonds. The average molecular weight is 282 g/mol. The van der Waals surface area contributed by atoms with Crippen molar-refractivity contribution in [3.8, 4) is 0 Å². The molecule has 2 aliphatic rings. The van der Waals surface area contributed by atoms with E-state index in [1.165, 1.54) is 0 Å². The van der Waals surface area contributed by atoms with Crippen LogP contribution < -0.4 is 5.32 Å². The summed E-state index contributed by atoms with van der Waals surface area (Å²) in [5.41, 5.74) is -0.250. The molecule has 0 aromatic carbocycles. The van der Waals surface area contributed by atoms with Gasteiger partial charge in [0.2, 0.25) is 5.91 Å². The Morgan fingerprint density at radius 3 is 2.65 bits per heavy atom. The van der Waals surface area contributed by atoms with Gasteiger partial charge in [0.05, 0.1) is 11.3 Å². The minimum atomic E-state index is -0.766. The summed E-state index contributed by atoms with van der Waals surface area (Å²) in [7, 11) is 0. The van der Waals surface area contributed by atoms with Crippen LogP contribution in [-0.2, 0) is 9.59 Å². The van der Waals surface area contributed by atoms with Gasteiger partial charge in [-0.25, -0.2) is 0 Å². The van der Waals surface area contributed by atoms with E-state index in [4.69, 9.17) is 5.11 Å². The first-order valence-electron chi connectivity index (χ1n) is 7.82. The highest BCUT2D eigenvalue weighted by Crippen LogP contribution is 2.37. The minimum absolute atomic E-state index is 0.201. The first-order chi connectivity index (χ1) is 9.59. The molecule has 2 aliphatic heterocycles. The van der Waals surface area contributed by atoms with Gasteiger partial charge in [-0.1, -0.05) is 13.3 Å². The lowest BCUT2D eigenvalue weighted by molar-refractivity contribution is -0.151. The molecule has 2 saturated heterocycles. The molecule has 0 aromatic heterocycles. The summed E-state index contributed by atoms with van der Waals surface area (Å²) in [6.45, 7) is 5.02. The zero-order valence-electron chi connectivity index (χ0n) is 12.4. The molecule has 0 radical (unpaired) electrons. The third-order valence-electron chi connectivity index (χ3n) is 4.80. The molecule has 1 atom stereocenters. The molecule has 0 aromatic rings. The fraction of sp³-hybridized carbons (Fsp3) is 0.867. The Labute approximate surface area is 120 Å². The van der Waals surface area contributed by atoms with Crippen molar-refractivity contribution in [2.24, 2.45) is 11.3 Å². The highest BCUT2D eigenvalue weighted by Gasteiger charge is 2.42. The molecular formula is C15H26N2O3. The van der Waals surface area contributed by atoms with Gasteiger partial charge in [0.25, 0.3) is 0 Å². The predicted molar refractivity (Wildman–Crippen MR) is 76.4 cm³/mol. The zero-order chi connectivity index (χ0) is 14.6. The lowest BCUT2D eigenvalue weighted by atomic mass is 9.73. The van der Waals surface area contributed by atoms with E-state index in [9.17, 15) is 9.59 Å². The van der Waals surface area contributed by atoms with Crippen molar-refractivity contribution in [1.29, 1.82) is 0 Å². The number of carboxylic acid groups (broad SMARTS) is 1. The Balaban J connectivity index is 2.08. The van der Waals surface area contributed by atoms with Gasteiger partial charge in [0.1, 0.15) is 0 Å². The first kappa shape index (κ1) is 15.3. The van der Waals surface area contributed by atoms with Crippen LogP contribution in [0.1, 0.15) is 45.4 Å². The predicted octanol–water partition coefficient (Wildman–Crippen LogP) is 1.48. The van der Waals surface area contributed by atoms with Crippen LogP contribution >= 0.6 is 0 Å². The second kappa shape index (κ2) is 6.57. The van der Waals surface area contributed by atoms with Crippen LogP contribution in [-0.4, -0.2) is 48.1 Å². The first-order valence-corrected chi connectivity index (χ1v) is 7.82. The van der Waals surface area contributed by atoms with E-state index in [0.717, 1.165) is 51.7 Å². The Kier molecular flexibility index (Phi) is 5.02. The molecule has 0 saturated carbocycles. The van der Waals surface area contributed by atoms with Crippen molar-refractivity contribution in [2.45, 2.75) is 45.4 Å². The molecule has 2 fully saturated rings. The van der Waals surface area contributed by atoms with E-state index in [0.29, 0.717) is 13.0 Å². The number of carbonyl (C=O) groups is 2. The second-order valence-corrected chi connectivity index (χ2v) is 6.21. The van der Waals surface area contributed by atoms with Crippen molar-refractivity contribution in [3.05, 3.63) is 0 Å². The van der Waals surface area contributed by atoms with Crippen LogP contribution in [0, 0.1) is 11.3 Å². The van der Waals surface area contributed by atoms with E-state index in [-0.39, 0.29) is 17.2 Å². The van der Waals surface area contributed by atoms with Gasteiger partial charge in [0, 0.05) is 13.1 Å². The van der Waals surface area contributed by atoms with Crippen LogP contribution in [0.15, 0.2) is 0 Å². The fourth-order valence-corrected chi connectivity index (χ4v) is 3.65. The van der Waals surface area contributed by atoms with Crippen molar-refractivity contribution < 1.29 is 14.7 Å². The number of amides is 1. The summed E-state index contributed by atoms with van der Waals surface area (Å²) in [4.78, 5) is 25.9. The van der Waals surface area contributed by atoms with Crippen molar-refractivity contribution >= 4 is 11.9 Å². The molecule has 2 N–H and O–H groups in total. The largest absolute Gasteiger partial charge is 0.481 e.